The van der Waals surface area contributed by atoms with Gasteiger partial charge in [-0.2, -0.15) is 0 Å². The summed E-state index contributed by atoms with van der Waals surface area (Å²) in [5.74, 6) is -0.682. The normalized spacial score (nSPS) is 6.08. The zero-order valence-corrected chi connectivity index (χ0v) is 17.2. The minimum atomic E-state index is -0.682. The van der Waals surface area contributed by atoms with E-state index in [1.54, 1.807) is 0 Å². The van der Waals surface area contributed by atoms with E-state index < -0.39 is 5.97 Å². The molecule has 0 heterocycles. The first-order valence-corrected chi connectivity index (χ1v) is 2.99. The number of aliphatic carboxylic acids is 1. The first-order valence-electron chi connectivity index (χ1n) is 2.99. The largest absolute Gasteiger partial charge is 1.00 e. The number of hydrogen-bond donors (Lipinski definition) is 1. The molecule has 0 aromatic rings. The summed E-state index contributed by atoms with van der Waals surface area (Å²) in [4.78, 5) is 9.87. The van der Waals surface area contributed by atoms with Crippen molar-refractivity contribution in [2.75, 3.05) is 0 Å². The van der Waals surface area contributed by atoms with Gasteiger partial charge in [-0.05, 0) is 6.42 Å². The third-order valence-corrected chi connectivity index (χ3v) is 0.994. The van der Waals surface area contributed by atoms with Crippen LogP contribution in [-0.2, 0) is 4.79 Å². The Morgan fingerprint density at radius 3 is 1.83 bits per heavy atom. The van der Waals surface area contributed by atoms with Crippen molar-refractivity contribution in [3.63, 3.8) is 0 Å². The molecule has 0 atom stereocenters. The summed E-state index contributed by atoms with van der Waals surface area (Å²) in [6.07, 6.45) is 3.28. The SMILES string of the molecule is CCCCCC(=O)O.[H-].[H-].[H-].[H-].[Na+].[Na+].[Na+].[Na+]. The number of rotatable bonds is 4. The van der Waals surface area contributed by atoms with Crippen molar-refractivity contribution >= 4 is 5.97 Å². The maximum atomic E-state index is 9.87. The van der Waals surface area contributed by atoms with Crippen LogP contribution >= 0.6 is 0 Å². The number of hydrogen-bond acceptors (Lipinski definition) is 1. The molecular weight excluding hydrogens is 196 g/mol. The van der Waals surface area contributed by atoms with Gasteiger partial charge in [0.2, 0.25) is 0 Å². The fourth-order valence-electron chi connectivity index (χ4n) is 0.526. The number of carboxylic acid groups (broad SMARTS) is 1. The van der Waals surface area contributed by atoms with Gasteiger partial charge in [0.05, 0.1) is 0 Å². The van der Waals surface area contributed by atoms with Gasteiger partial charge in [0.25, 0.3) is 0 Å². The van der Waals surface area contributed by atoms with Crippen LogP contribution in [0.25, 0.3) is 0 Å². The molecule has 12 heavy (non-hydrogen) atoms. The molecule has 0 radical (unpaired) electrons. The van der Waals surface area contributed by atoms with Crippen LogP contribution in [0.3, 0.4) is 0 Å². The van der Waals surface area contributed by atoms with Crippen LogP contribution in [0.2, 0.25) is 0 Å². The minimum absolute atomic E-state index is 0. The molecule has 0 unspecified atom stereocenters. The second-order valence-corrected chi connectivity index (χ2v) is 1.85. The Balaban J connectivity index is -0.00000000875. The molecule has 0 spiro atoms. The van der Waals surface area contributed by atoms with Gasteiger partial charge >= 0.3 is 124 Å². The molecule has 0 bridgehead atoms. The van der Waals surface area contributed by atoms with Gasteiger partial charge in [-0.1, -0.05) is 19.8 Å². The Bertz CT molecular complexity index is 92.9. The van der Waals surface area contributed by atoms with Crippen LogP contribution in [0.4, 0.5) is 0 Å². The molecule has 0 fully saturated rings. The van der Waals surface area contributed by atoms with Crippen LogP contribution in [-0.4, -0.2) is 11.1 Å². The standard InChI is InChI=1S/C6H12O2.4Na.4H/c1-2-3-4-5-6(7)8;;;;;;;;/h2-5H2,1H3,(H,7,8);;;;;;;;/q;4*+1;4*-1. The molecular formula is C6H16Na4O2. The monoisotopic (exact) mass is 212 g/mol. The fraction of sp³-hybridized carbons (Fsp3) is 0.833. The number of carboxylic acids is 1. The first-order chi connectivity index (χ1) is 3.77. The fourth-order valence-corrected chi connectivity index (χ4v) is 0.526. The van der Waals surface area contributed by atoms with E-state index in [9.17, 15) is 4.79 Å². The maximum absolute atomic E-state index is 9.87. The van der Waals surface area contributed by atoms with Crippen molar-refractivity contribution in [1.82, 2.24) is 0 Å². The first kappa shape index (κ1) is 29.5. The van der Waals surface area contributed by atoms with Crippen molar-refractivity contribution in [1.29, 1.82) is 0 Å². The summed E-state index contributed by atoms with van der Waals surface area (Å²) in [7, 11) is 0. The minimum Gasteiger partial charge on any atom is -1.00 e. The Labute approximate surface area is 169 Å². The van der Waals surface area contributed by atoms with Gasteiger partial charge in [0.15, 0.2) is 0 Å². The topological polar surface area (TPSA) is 37.3 Å². The summed E-state index contributed by atoms with van der Waals surface area (Å²) in [5.41, 5.74) is 0. The maximum Gasteiger partial charge on any atom is 1.00 e. The van der Waals surface area contributed by atoms with Crippen LogP contribution < -0.4 is 118 Å². The van der Waals surface area contributed by atoms with Crippen molar-refractivity contribution in [2.24, 2.45) is 0 Å². The van der Waals surface area contributed by atoms with Crippen LogP contribution in [0.1, 0.15) is 38.3 Å². The molecule has 0 aliphatic carbocycles. The molecule has 0 aromatic heterocycles. The van der Waals surface area contributed by atoms with E-state index in [2.05, 4.69) is 6.92 Å². The molecule has 0 aliphatic rings. The Morgan fingerprint density at radius 2 is 1.58 bits per heavy atom. The van der Waals surface area contributed by atoms with Gasteiger partial charge in [-0.15, -0.1) is 0 Å². The van der Waals surface area contributed by atoms with Gasteiger partial charge in [0.1, 0.15) is 0 Å². The molecule has 56 valence electrons. The van der Waals surface area contributed by atoms with Crippen molar-refractivity contribution < 1.29 is 134 Å². The zero-order chi connectivity index (χ0) is 6.41. The zero-order valence-electron chi connectivity index (χ0n) is 13.2. The Kier molecular flexibility index (Phi) is 59.0. The summed E-state index contributed by atoms with van der Waals surface area (Å²) in [6, 6.07) is 0. The van der Waals surface area contributed by atoms with Crippen LogP contribution in [0, 0.1) is 0 Å². The van der Waals surface area contributed by atoms with E-state index in [0.29, 0.717) is 6.42 Å². The van der Waals surface area contributed by atoms with E-state index >= 15 is 0 Å². The summed E-state index contributed by atoms with van der Waals surface area (Å²) >= 11 is 0. The molecule has 2 nitrogen and oxygen atoms in total. The molecule has 0 aliphatic heterocycles. The number of carbonyl (C=O) groups is 1. The van der Waals surface area contributed by atoms with Crippen molar-refractivity contribution in [2.45, 2.75) is 32.6 Å². The molecule has 6 heteroatoms. The summed E-state index contributed by atoms with van der Waals surface area (Å²) in [5, 5.41) is 8.14. The van der Waals surface area contributed by atoms with E-state index in [1.807, 2.05) is 0 Å². The van der Waals surface area contributed by atoms with E-state index in [4.69, 9.17) is 5.11 Å². The van der Waals surface area contributed by atoms with Gasteiger partial charge in [0, 0.05) is 6.42 Å². The average molecular weight is 212 g/mol. The van der Waals surface area contributed by atoms with Gasteiger partial charge < -0.3 is 10.8 Å². The Morgan fingerprint density at radius 1 is 1.17 bits per heavy atom. The molecule has 1 N–H and O–H groups in total. The van der Waals surface area contributed by atoms with E-state index in [1.165, 1.54) is 0 Å². The van der Waals surface area contributed by atoms with E-state index in [-0.39, 0.29) is 124 Å². The predicted octanol–water partition coefficient (Wildman–Crippen LogP) is -9.88. The molecule has 0 saturated heterocycles. The van der Waals surface area contributed by atoms with Crippen molar-refractivity contribution in [3.8, 4) is 0 Å². The summed E-state index contributed by atoms with van der Waals surface area (Å²) in [6.45, 7) is 2.06. The average Bonchev–Trinajstić information content (AvgIpc) is 1.66. The predicted molar refractivity (Wildman–Crippen MR) is 36.2 cm³/mol. The van der Waals surface area contributed by atoms with Gasteiger partial charge in [-0.25, -0.2) is 0 Å². The molecule has 0 saturated carbocycles. The van der Waals surface area contributed by atoms with Gasteiger partial charge in [-0.3, -0.25) is 4.79 Å². The second kappa shape index (κ2) is 24.0. The quantitative estimate of drug-likeness (QED) is 0.371. The van der Waals surface area contributed by atoms with E-state index in [0.717, 1.165) is 19.3 Å². The molecule has 0 rings (SSSR count). The van der Waals surface area contributed by atoms with Crippen LogP contribution in [0.15, 0.2) is 0 Å². The Hall–Kier alpha value is 3.47. The van der Waals surface area contributed by atoms with Crippen LogP contribution in [0.5, 0.6) is 0 Å². The third kappa shape index (κ3) is 29.2. The summed E-state index contributed by atoms with van der Waals surface area (Å²) < 4.78 is 0. The smallest absolute Gasteiger partial charge is 1.00 e. The van der Waals surface area contributed by atoms with Crippen molar-refractivity contribution in [3.05, 3.63) is 0 Å². The second-order valence-electron chi connectivity index (χ2n) is 1.85. The number of unbranched alkanes of at least 4 members (excludes halogenated alkanes) is 2. The molecule has 0 amide bonds. The molecule has 0 aromatic carbocycles. The third-order valence-electron chi connectivity index (χ3n) is 0.994.